The molecule has 0 aromatic heterocycles. The van der Waals surface area contributed by atoms with Gasteiger partial charge in [0.15, 0.2) is 5.75 Å². The first kappa shape index (κ1) is 10.9. The van der Waals surface area contributed by atoms with E-state index in [0.29, 0.717) is 0 Å². The fourth-order valence-electron chi connectivity index (χ4n) is 0.762. The largest absolute Gasteiger partial charge is 0.343 e. The SMILES string of the molecule is O=COOc1cccc(S(=O)(=O)S)c1. The number of rotatable bonds is 4. The summed E-state index contributed by atoms with van der Waals surface area (Å²) in [5, 5.41) is 0. The minimum Gasteiger partial charge on any atom is -0.287 e. The lowest BCUT2D eigenvalue weighted by molar-refractivity contribution is -0.196. The van der Waals surface area contributed by atoms with Gasteiger partial charge in [0.2, 0.25) is 8.87 Å². The standard InChI is InChI=1S/C7H6O5S2/c8-5-11-12-6-2-1-3-7(4-6)14(9,10)13/h1-5H,(H,9,10,13). The second-order valence-corrected chi connectivity index (χ2v) is 5.09. The van der Waals surface area contributed by atoms with Gasteiger partial charge in [0.1, 0.15) is 0 Å². The Hall–Kier alpha value is -1.21. The molecule has 0 heterocycles. The summed E-state index contributed by atoms with van der Waals surface area (Å²) >= 11 is 3.39. The molecule has 0 saturated carbocycles. The van der Waals surface area contributed by atoms with Crippen LogP contribution in [0.3, 0.4) is 0 Å². The molecule has 14 heavy (non-hydrogen) atoms. The molecule has 0 atom stereocenters. The molecule has 7 heteroatoms. The molecule has 0 fully saturated rings. The van der Waals surface area contributed by atoms with Gasteiger partial charge in [0.25, 0.3) is 0 Å². The lowest BCUT2D eigenvalue weighted by atomic mass is 10.3. The fraction of sp³-hybridized carbons (Fsp3) is 0. The average Bonchev–Trinajstić information content (AvgIpc) is 2.14. The molecule has 0 amide bonds. The Morgan fingerprint density at radius 2 is 2.07 bits per heavy atom. The Kier molecular flexibility index (Phi) is 3.37. The van der Waals surface area contributed by atoms with E-state index in [1.165, 1.54) is 24.3 Å². The Labute approximate surface area is 85.3 Å². The van der Waals surface area contributed by atoms with Crippen molar-refractivity contribution < 1.29 is 23.0 Å². The molecule has 76 valence electrons. The van der Waals surface area contributed by atoms with Gasteiger partial charge in [-0.3, -0.25) is 14.6 Å². The van der Waals surface area contributed by atoms with Crippen molar-refractivity contribution in [1.82, 2.24) is 0 Å². The van der Waals surface area contributed by atoms with Crippen molar-refractivity contribution >= 4 is 27.0 Å². The summed E-state index contributed by atoms with van der Waals surface area (Å²) in [6.07, 6.45) is 0. The van der Waals surface area contributed by atoms with Gasteiger partial charge in [-0.15, -0.1) is 0 Å². The molecule has 0 spiro atoms. The van der Waals surface area contributed by atoms with Crippen LogP contribution < -0.4 is 4.89 Å². The van der Waals surface area contributed by atoms with E-state index in [2.05, 4.69) is 21.4 Å². The van der Waals surface area contributed by atoms with E-state index in [-0.39, 0.29) is 17.1 Å². The molecule has 1 aromatic carbocycles. The Bertz CT molecular complexity index is 425. The molecule has 0 unspecified atom stereocenters. The summed E-state index contributed by atoms with van der Waals surface area (Å²) < 4.78 is 21.9. The Morgan fingerprint density at radius 3 is 2.64 bits per heavy atom. The van der Waals surface area contributed by atoms with Crippen molar-refractivity contribution in [3.8, 4) is 5.75 Å². The zero-order chi connectivity index (χ0) is 10.6. The average molecular weight is 234 g/mol. The molecular formula is C7H6O5S2. The van der Waals surface area contributed by atoms with E-state index >= 15 is 0 Å². The van der Waals surface area contributed by atoms with Crippen LogP contribution in [-0.4, -0.2) is 14.9 Å². The van der Waals surface area contributed by atoms with Crippen molar-refractivity contribution in [3.63, 3.8) is 0 Å². The van der Waals surface area contributed by atoms with E-state index in [0.717, 1.165) is 0 Å². The summed E-state index contributed by atoms with van der Waals surface area (Å²) in [4.78, 5) is 18.2. The summed E-state index contributed by atoms with van der Waals surface area (Å²) in [6.45, 7) is 0.0852. The summed E-state index contributed by atoms with van der Waals surface area (Å²) in [7, 11) is -3.58. The minimum atomic E-state index is -3.58. The predicted octanol–water partition coefficient (Wildman–Crippen LogP) is 0.772. The van der Waals surface area contributed by atoms with Gasteiger partial charge < -0.3 is 0 Å². The van der Waals surface area contributed by atoms with Crippen LogP contribution in [0.25, 0.3) is 0 Å². The van der Waals surface area contributed by atoms with Gasteiger partial charge >= 0.3 is 6.47 Å². The third-order valence-electron chi connectivity index (χ3n) is 1.29. The van der Waals surface area contributed by atoms with Crippen LogP contribution in [0, 0.1) is 0 Å². The molecule has 0 aliphatic rings. The number of hydrogen-bond acceptors (Lipinski definition) is 5. The molecule has 0 bridgehead atoms. The summed E-state index contributed by atoms with van der Waals surface area (Å²) in [6, 6.07) is 5.40. The van der Waals surface area contributed by atoms with Crippen LogP contribution in [0.2, 0.25) is 0 Å². The van der Waals surface area contributed by atoms with E-state index in [1.807, 2.05) is 0 Å². The Balaban J connectivity index is 2.95. The topological polar surface area (TPSA) is 69.7 Å². The normalized spacial score (nSPS) is 10.6. The predicted molar refractivity (Wildman–Crippen MR) is 50.4 cm³/mol. The highest BCUT2D eigenvalue weighted by Crippen LogP contribution is 2.20. The van der Waals surface area contributed by atoms with E-state index in [4.69, 9.17) is 0 Å². The number of hydrogen-bond donors (Lipinski definition) is 1. The van der Waals surface area contributed by atoms with Crippen LogP contribution >= 0.6 is 11.7 Å². The minimum absolute atomic E-state index is 0.0344. The summed E-state index contributed by atoms with van der Waals surface area (Å²) in [5.41, 5.74) is 0. The third-order valence-corrected chi connectivity index (χ3v) is 2.77. The quantitative estimate of drug-likeness (QED) is 0.274. The highest BCUT2D eigenvalue weighted by molar-refractivity contribution is 8.63. The van der Waals surface area contributed by atoms with Gasteiger partial charge in [0.05, 0.1) is 4.90 Å². The van der Waals surface area contributed by atoms with Crippen molar-refractivity contribution in [2.75, 3.05) is 0 Å². The fourth-order valence-corrected chi connectivity index (χ4v) is 1.62. The zero-order valence-corrected chi connectivity index (χ0v) is 8.49. The Morgan fingerprint density at radius 1 is 1.36 bits per heavy atom. The first-order valence-corrected chi connectivity index (χ1v) is 5.92. The van der Waals surface area contributed by atoms with Crippen LogP contribution in [0.4, 0.5) is 0 Å². The maximum absolute atomic E-state index is 11.0. The number of carbonyl (C=O) groups excluding carboxylic acids is 1. The van der Waals surface area contributed by atoms with E-state index < -0.39 is 8.87 Å². The zero-order valence-electron chi connectivity index (χ0n) is 6.78. The van der Waals surface area contributed by atoms with Crippen LogP contribution in [0.15, 0.2) is 29.2 Å². The molecule has 0 aliphatic heterocycles. The van der Waals surface area contributed by atoms with Crippen molar-refractivity contribution in [2.24, 2.45) is 0 Å². The molecule has 0 radical (unpaired) electrons. The maximum Gasteiger partial charge on any atom is 0.343 e. The smallest absolute Gasteiger partial charge is 0.287 e. The number of carbonyl (C=O) groups is 1. The molecule has 1 aromatic rings. The lowest BCUT2D eigenvalue weighted by Crippen LogP contribution is -1.96. The van der Waals surface area contributed by atoms with Gasteiger partial charge in [-0.05, 0) is 23.8 Å². The second-order valence-electron chi connectivity index (χ2n) is 2.23. The maximum atomic E-state index is 11.0. The molecule has 1 rings (SSSR count). The van der Waals surface area contributed by atoms with Crippen LogP contribution in [0.5, 0.6) is 5.75 Å². The van der Waals surface area contributed by atoms with Crippen molar-refractivity contribution in [1.29, 1.82) is 0 Å². The monoisotopic (exact) mass is 234 g/mol. The third kappa shape index (κ3) is 2.93. The second kappa shape index (κ2) is 4.34. The number of benzene rings is 1. The van der Waals surface area contributed by atoms with E-state index in [1.54, 1.807) is 0 Å². The van der Waals surface area contributed by atoms with Gasteiger partial charge in [-0.25, -0.2) is 8.42 Å². The van der Waals surface area contributed by atoms with Gasteiger partial charge in [-0.1, -0.05) is 6.07 Å². The number of thiol groups is 1. The van der Waals surface area contributed by atoms with Crippen molar-refractivity contribution in [2.45, 2.75) is 4.90 Å². The molecule has 0 aliphatic carbocycles. The highest BCUT2D eigenvalue weighted by atomic mass is 33.1. The molecular weight excluding hydrogens is 228 g/mol. The van der Waals surface area contributed by atoms with E-state index in [9.17, 15) is 13.2 Å². The molecule has 0 saturated heterocycles. The molecule has 5 nitrogen and oxygen atoms in total. The van der Waals surface area contributed by atoms with Gasteiger partial charge in [0, 0.05) is 6.07 Å². The molecule has 0 N–H and O–H groups in total. The lowest BCUT2D eigenvalue weighted by Gasteiger charge is -2.01. The van der Waals surface area contributed by atoms with Gasteiger partial charge in [-0.2, -0.15) is 0 Å². The summed E-state index contributed by atoms with van der Waals surface area (Å²) in [5.74, 6) is 0.104. The van der Waals surface area contributed by atoms with Crippen LogP contribution in [-0.2, 0) is 18.6 Å². The first-order valence-electron chi connectivity index (χ1n) is 3.38. The van der Waals surface area contributed by atoms with Crippen molar-refractivity contribution in [3.05, 3.63) is 24.3 Å². The van der Waals surface area contributed by atoms with Crippen LogP contribution in [0.1, 0.15) is 0 Å². The first-order chi connectivity index (χ1) is 6.54. The highest BCUT2D eigenvalue weighted by Gasteiger charge is 2.09.